The summed E-state index contributed by atoms with van der Waals surface area (Å²) < 4.78 is 0. The van der Waals surface area contributed by atoms with Gasteiger partial charge in [0.05, 0.1) is 15.7 Å². The number of aryl methyl sites for hydroxylation is 1. The summed E-state index contributed by atoms with van der Waals surface area (Å²) in [5.41, 5.74) is 1.99. The van der Waals surface area contributed by atoms with Crippen LogP contribution in [0, 0.1) is 18.3 Å². The Bertz CT molecular complexity index is 810. The van der Waals surface area contributed by atoms with E-state index in [1.54, 1.807) is 24.3 Å². The molecular formula is C17H13Cl2N3O. The molecule has 0 heterocycles. The lowest BCUT2D eigenvalue weighted by atomic mass is 10.2. The van der Waals surface area contributed by atoms with Gasteiger partial charge in [-0.15, -0.1) is 0 Å². The summed E-state index contributed by atoms with van der Waals surface area (Å²) in [5, 5.41) is 15.4. The van der Waals surface area contributed by atoms with Gasteiger partial charge in [-0.2, -0.15) is 5.26 Å². The molecule has 0 atom stereocenters. The van der Waals surface area contributed by atoms with Crippen LogP contribution in [0.4, 0.5) is 11.4 Å². The molecule has 2 rings (SSSR count). The van der Waals surface area contributed by atoms with Gasteiger partial charge in [-0.05, 0) is 30.7 Å². The predicted molar refractivity (Wildman–Crippen MR) is 93.6 cm³/mol. The van der Waals surface area contributed by atoms with Crippen LogP contribution in [0.25, 0.3) is 0 Å². The third kappa shape index (κ3) is 4.26. The highest BCUT2D eigenvalue weighted by molar-refractivity contribution is 6.43. The third-order valence-electron chi connectivity index (χ3n) is 3.08. The predicted octanol–water partition coefficient (Wildman–Crippen LogP) is 4.76. The van der Waals surface area contributed by atoms with Gasteiger partial charge in [0.15, 0.2) is 0 Å². The molecule has 2 aromatic carbocycles. The Morgan fingerprint density at radius 1 is 1.13 bits per heavy atom. The molecule has 0 aliphatic heterocycles. The standard InChI is InChI=1S/C17H13Cl2N3O/c1-11-5-2-3-7-14(11)22-17(23)12(9-20)10-21-15-8-4-6-13(18)16(15)19/h2-8,10,21H,1H3,(H,22,23)/b12-10-. The van der Waals surface area contributed by atoms with Crippen LogP contribution in [0.3, 0.4) is 0 Å². The first-order valence-electron chi connectivity index (χ1n) is 6.70. The number of hydrogen-bond acceptors (Lipinski definition) is 3. The molecule has 0 aliphatic carbocycles. The maximum atomic E-state index is 12.2. The van der Waals surface area contributed by atoms with Gasteiger partial charge in [0.2, 0.25) is 0 Å². The van der Waals surface area contributed by atoms with Gasteiger partial charge in [-0.25, -0.2) is 0 Å². The highest BCUT2D eigenvalue weighted by Crippen LogP contribution is 2.29. The van der Waals surface area contributed by atoms with E-state index in [9.17, 15) is 4.79 Å². The van der Waals surface area contributed by atoms with Crippen molar-refractivity contribution in [2.75, 3.05) is 10.6 Å². The minimum absolute atomic E-state index is 0.0794. The number of halogens is 2. The number of carbonyl (C=O) groups is 1. The van der Waals surface area contributed by atoms with Crippen molar-refractivity contribution in [2.24, 2.45) is 0 Å². The Balaban J connectivity index is 2.16. The van der Waals surface area contributed by atoms with Gasteiger partial charge in [-0.3, -0.25) is 4.79 Å². The summed E-state index contributed by atoms with van der Waals surface area (Å²) in [6, 6.07) is 14.2. The lowest BCUT2D eigenvalue weighted by Gasteiger charge is -2.08. The molecule has 0 aliphatic rings. The zero-order chi connectivity index (χ0) is 16.8. The Hall–Kier alpha value is -2.48. The maximum Gasteiger partial charge on any atom is 0.267 e. The molecule has 0 saturated carbocycles. The van der Waals surface area contributed by atoms with Crippen LogP contribution in [0.2, 0.25) is 10.0 Å². The van der Waals surface area contributed by atoms with E-state index in [0.717, 1.165) is 5.56 Å². The van der Waals surface area contributed by atoms with Crippen molar-refractivity contribution in [3.63, 3.8) is 0 Å². The molecule has 0 radical (unpaired) electrons. The number of carbonyl (C=O) groups excluding carboxylic acids is 1. The van der Waals surface area contributed by atoms with Crippen LogP contribution in [-0.4, -0.2) is 5.91 Å². The van der Waals surface area contributed by atoms with Crippen molar-refractivity contribution < 1.29 is 4.79 Å². The SMILES string of the molecule is Cc1ccccc1NC(=O)/C(C#N)=C\Nc1cccc(Cl)c1Cl. The van der Waals surface area contributed by atoms with Gasteiger partial charge in [0, 0.05) is 11.9 Å². The molecule has 0 unspecified atom stereocenters. The monoisotopic (exact) mass is 345 g/mol. The number of rotatable bonds is 4. The smallest absolute Gasteiger partial charge is 0.267 e. The molecular weight excluding hydrogens is 333 g/mol. The largest absolute Gasteiger partial charge is 0.359 e. The second-order valence-corrected chi connectivity index (χ2v) is 5.47. The van der Waals surface area contributed by atoms with Crippen molar-refractivity contribution in [1.82, 2.24) is 0 Å². The normalized spacial score (nSPS) is 10.8. The minimum Gasteiger partial charge on any atom is -0.359 e. The number of para-hydroxylation sites is 1. The van der Waals surface area contributed by atoms with E-state index in [2.05, 4.69) is 10.6 Å². The molecule has 0 fully saturated rings. The van der Waals surface area contributed by atoms with E-state index in [-0.39, 0.29) is 5.57 Å². The lowest BCUT2D eigenvalue weighted by molar-refractivity contribution is -0.112. The molecule has 0 aromatic heterocycles. The fourth-order valence-corrected chi connectivity index (χ4v) is 2.17. The number of anilines is 2. The number of hydrogen-bond donors (Lipinski definition) is 2. The Morgan fingerprint density at radius 2 is 1.83 bits per heavy atom. The zero-order valence-electron chi connectivity index (χ0n) is 12.2. The molecule has 4 nitrogen and oxygen atoms in total. The van der Waals surface area contributed by atoms with Crippen LogP contribution in [0.5, 0.6) is 0 Å². The number of benzene rings is 2. The highest BCUT2D eigenvalue weighted by Gasteiger charge is 2.11. The Morgan fingerprint density at radius 3 is 2.52 bits per heavy atom. The van der Waals surface area contributed by atoms with E-state index in [1.807, 2.05) is 31.2 Å². The molecule has 116 valence electrons. The topological polar surface area (TPSA) is 64.9 Å². The van der Waals surface area contributed by atoms with Gasteiger partial charge >= 0.3 is 0 Å². The van der Waals surface area contributed by atoms with E-state index in [4.69, 9.17) is 28.5 Å². The summed E-state index contributed by atoms with van der Waals surface area (Å²) in [7, 11) is 0. The van der Waals surface area contributed by atoms with E-state index in [1.165, 1.54) is 6.20 Å². The van der Waals surface area contributed by atoms with Crippen LogP contribution in [0.15, 0.2) is 54.2 Å². The van der Waals surface area contributed by atoms with Crippen molar-refractivity contribution in [3.05, 3.63) is 69.8 Å². The number of nitriles is 1. The van der Waals surface area contributed by atoms with E-state index in [0.29, 0.717) is 21.4 Å². The fourth-order valence-electron chi connectivity index (χ4n) is 1.82. The van der Waals surface area contributed by atoms with E-state index < -0.39 is 5.91 Å². The molecule has 6 heteroatoms. The first-order chi connectivity index (χ1) is 11.0. The molecule has 2 aromatic rings. The number of amides is 1. The van der Waals surface area contributed by atoms with Crippen molar-refractivity contribution in [1.29, 1.82) is 5.26 Å². The lowest BCUT2D eigenvalue weighted by Crippen LogP contribution is -2.15. The van der Waals surface area contributed by atoms with Crippen molar-refractivity contribution in [2.45, 2.75) is 6.92 Å². The third-order valence-corrected chi connectivity index (χ3v) is 3.90. The van der Waals surface area contributed by atoms with Crippen LogP contribution < -0.4 is 10.6 Å². The minimum atomic E-state index is -0.507. The van der Waals surface area contributed by atoms with Crippen LogP contribution in [0.1, 0.15) is 5.56 Å². The maximum absolute atomic E-state index is 12.2. The summed E-state index contributed by atoms with van der Waals surface area (Å²) in [6.07, 6.45) is 1.30. The summed E-state index contributed by atoms with van der Waals surface area (Å²) in [5.74, 6) is -0.507. The molecule has 0 saturated heterocycles. The van der Waals surface area contributed by atoms with Crippen LogP contribution in [-0.2, 0) is 4.79 Å². The van der Waals surface area contributed by atoms with E-state index >= 15 is 0 Å². The Kier molecular flexibility index (Phi) is 5.64. The van der Waals surface area contributed by atoms with Gasteiger partial charge in [0.1, 0.15) is 11.6 Å². The zero-order valence-corrected chi connectivity index (χ0v) is 13.7. The average molecular weight is 346 g/mol. The van der Waals surface area contributed by atoms with Crippen LogP contribution >= 0.6 is 23.2 Å². The summed E-state index contributed by atoms with van der Waals surface area (Å²) in [4.78, 5) is 12.2. The molecule has 0 spiro atoms. The van der Waals surface area contributed by atoms with Gasteiger partial charge < -0.3 is 10.6 Å². The first-order valence-corrected chi connectivity index (χ1v) is 7.46. The first kappa shape index (κ1) is 16.9. The molecule has 0 bridgehead atoms. The van der Waals surface area contributed by atoms with Crippen molar-refractivity contribution >= 4 is 40.5 Å². The fraction of sp³-hybridized carbons (Fsp3) is 0.0588. The van der Waals surface area contributed by atoms with Gasteiger partial charge in [-0.1, -0.05) is 47.5 Å². The highest BCUT2D eigenvalue weighted by atomic mass is 35.5. The summed E-state index contributed by atoms with van der Waals surface area (Å²) >= 11 is 12.0. The quantitative estimate of drug-likeness (QED) is 0.620. The number of nitrogens with zero attached hydrogens (tertiary/aromatic N) is 1. The molecule has 1 amide bonds. The number of nitrogens with one attached hydrogen (secondary N) is 2. The molecule has 23 heavy (non-hydrogen) atoms. The van der Waals surface area contributed by atoms with Gasteiger partial charge in [0.25, 0.3) is 5.91 Å². The second-order valence-electron chi connectivity index (χ2n) is 4.68. The molecule has 2 N–H and O–H groups in total. The Labute approximate surface area is 144 Å². The van der Waals surface area contributed by atoms with Crippen molar-refractivity contribution in [3.8, 4) is 6.07 Å². The average Bonchev–Trinajstić information content (AvgIpc) is 2.54. The second kappa shape index (κ2) is 7.68. The summed E-state index contributed by atoms with van der Waals surface area (Å²) in [6.45, 7) is 1.87.